The summed E-state index contributed by atoms with van der Waals surface area (Å²) in [5.41, 5.74) is 3.38. The number of hydrazine groups is 1. The van der Waals surface area contributed by atoms with Crippen LogP contribution in [-0.4, -0.2) is 20.8 Å². The fraction of sp³-hybridized carbons (Fsp3) is 0.846. The molecule has 0 spiro atoms. The second-order valence-corrected chi connectivity index (χ2v) is 5.96. The van der Waals surface area contributed by atoms with Crippen molar-refractivity contribution < 1.29 is 0 Å². The Morgan fingerprint density at radius 2 is 2.39 bits per heavy atom. The number of nitrogens with one attached hydrogen (secondary N) is 1. The number of rotatable bonds is 5. The minimum atomic E-state index is 0.289. The zero-order valence-electron chi connectivity index (χ0n) is 11.7. The van der Waals surface area contributed by atoms with Gasteiger partial charge in [-0.3, -0.25) is 16.0 Å². The minimum Gasteiger partial charge on any atom is -0.271 e. The Morgan fingerprint density at radius 1 is 1.61 bits per heavy atom. The highest BCUT2D eigenvalue weighted by Gasteiger charge is 2.39. The maximum atomic E-state index is 5.77. The van der Waals surface area contributed by atoms with Gasteiger partial charge in [-0.1, -0.05) is 20.3 Å². The molecule has 1 fully saturated rings. The van der Waals surface area contributed by atoms with Crippen LogP contribution in [0.4, 0.5) is 0 Å². The van der Waals surface area contributed by atoms with Crippen LogP contribution in [0.15, 0.2) is 6.33 Å². The summed E-state index contributed by atoms with van der Waals surface area (Å²) in [4.78, 5) is 4.35. The van der Waals surface area contributed by atoms with Crippen molar-refractivity contribution >= 4 is 0 Å². The Kier molecular flexibility index (Phi) is 4.02. The molecule has 0 aliphatic heterocycles. The monoisotopic (exact) mass is 251 g/mol. The summed E-state index contributed by atoms with van der Waals surface area (Å²) in [5.74, 6) is 7.42. The van der Waals surface area contributed by atoms with E-state index in [2.05, 4.69) is 36.3 Å². The van der Waals surface area contributed by atoms with E-state index in [1.165, 1.54) is 19.3 Å². The lowest BCUT2D eigenvalue weighted by atomic mass is 9.76. The Morgan fingerprint density at radius 3 is 2.94 bits per heavy atom. The molecule has 0 saturated heterocycles. The van der Waals surface area contributed by atoms with Crippen molar-refractivity contribution in [3.63, 3.8) is 0 Å². The highest BCUT2D eigenvalue weighted by molar-refractivity contribution is 4.97. The van der Waals surface area contributed by atoms with E-state index in [1.807, 2.05) is 4.68 Å². The lowest BCUT2D eigenvalue weighted by molar-refractivity contribution is 0.194. The van der Waals surface area contributed by atoms with E-state index in [0.29, 0.717) is 11.3 Å². The average molecular weight is 251 g/mol. The Balaban J connectivity index is 2.10. The Labute approximate surface area is 109 Å². The van der Waals surface area contributed by atoms with Gasteiger partial charge in [0, 0.05) is 19.0 Å². The van der Waals surface area contributed by atoms with E-state index >= 15 is 0 Å². The van der Waals surface area contributed by atoms with Gasteiger partial charge in [0.2, 0.25) is 0 Å². The molecule has 1 aromatic heterocycles. The van der Waals surface area contributed by atoms with Gasteiger partial charge in [-0.25, -0.2) is 4.98 Å². The molecular formula is C13H25N5. The Bertz CT molecular complexity index is 384. The Hall–Kier alpha value is -0.940. The van der Waals surface area contributed by atoms with Crippen LogP contribution in [0.25, 0.3) is 0 Å². The van der Waals surface area contributed by atoms with E-state index in [4.69, 9.17) is 5.84 Å². The van der Waals surface area contributed by atoms with Crippen molar-refractivity contribution in [2.75, 3.05) is 0 Å². The van der Waals surface area contributed by atoms with Gasteiger partial charge in [-0.2, -0.15) is 5.10 Å². The molecule has 5 nitrogen and oxygen atoms in total. The smallest absolute Gasteiger partial charge is 0.138 e. The third-order valence-electron chi connectivity index (χ3n) is 4.44. The molecule has 18 heavy (non-hydrogen) atoms. The molecule has 1 aliphatic carbocycles. The molecule has 3 N–H and O–H groups in total. The number of aryl methyl sites for hydroxylation is 1. The van der Waals surface area contributed by atoms with Crippen molar-refractivity contribution in [3.8, 4) is 0 Å². The largest absolute Gasteiger partial charge is 0.271 e. The number of hydrogen-bond donors (Lipinski definition) is 2. The van der Waals surface area contributed by atoms with Gasteiger partial charge in [0.25, 0.3) is 0 Å². The van der Waals surface area contributed by atoms with E-state index in [1.54, 1.807) is 6.33 Å². The van der Waals surface area contributed by atoms with Gasteiger partial charge in [0.1, 0.15) is 12.2 Å². The molecule has 1 aromatic rings. The first-order valence-corrected chi connectivity index (χ1v) is 6.91. The number of nitrogens with zero attached hydrogens (tertiary/aromatic N) is 3. The molecule has 0 aromatic carbocycles. The fourth-order valence-corrected chi connectivity index (χ4v) is 3.32. The molecular weight excluding hydrogens is 226 g/mol. The van der Waals surface area contributed by atoms with Crippen LogP contribution >= 0.6 is 0 Å². The first-order valence-electron chi connectivity index (χ1n) is 6.91. The van der Waals surface area contributed by atoms with Crippen molar-refractivity contribution in [3.05, 3.63) is 12.2 Å². The molecule has 2 rings (SSSR count). The number of hydrogen-bond acceptors (Lipinski definition) is 4. The van der Waals surface area contributed by atoms with Gasteiger partial charge < -0.3 is 0 Å². The van der Waals surface area contributed by atoms with Crippen LogP contribution in [0.3, 0.4) is 0 Å². The molecule has 2 unspecified atom stereocenters. The van der Waals surface area contributed by atoms with Gasteiger partial charge in [-0.15, -0.1) is 0 Å². The SMILES string of the molecule is CCn1ncnc1CC(NN)C1CCCC1(C)C. The van der Waals surface area contributed by atoms with E-state index in [0.717, 1.165) is 18.8 Å². The average Bonchev–Trinajstić information content (AvgIpc) is 2.91. The van der Waals surface area contributed by atoms with E-state index in [9.17, 15) is 0 Å². The molecule has 102 valence electrons. The quantitative estimate of drug-likeness (QED) is 0.614. The van der Waals surface area contributed by atoms with Gasteiger partial charge >= 0.3 is 0 Å². The van der Waals surface area contributed by atoms with Crippen LogP contribution in [0.2, 0.25) is 0 Å². The van der Waals surface area contributed by atoms with E-state index in [-0.39, 0.29) is 6.04 Å². The summed E-state index contributed by atoms with van der Waals surface area (Å²) in [6.45, 7) is 7.64. The molecule has 5 heteroatoms. The molecule has 0 radical (unpaired) electrons. The van der Waals surface area contributed by atoms with Crippen molar-refractivity contribution in [1.82, 2.24) is 20.2 Å². The number of aromatic nitrogens is 3. The van der Waals surface area contributed by atoms with Gasteiger partial charge in [0.05, 0.1) is 0 Å². The van der Waals surface area contributed by atoms with Crippen LogP contribution < -0.4 is 11.3 Å². The zero-order chi connectivity index (χ0) is 13.2. The van der Waals surface area contributed by atoms with Crippen molar-refractivity contribution in [2.45, 2.75) is 59.0 Å². The fourth-order valence-electron chi connectivity index (χ4n) is 3.32. The second kappa shape index (κ2) is 5.36. The normalized spacial score (nSPS) is 24.3. The maximum Gasteiger partial charge on any atom is 0.138 e. The summed E-state index contributed by atoms with van der Waals surface area (Å²) in [6, 6.07) is 0.289. The molecule has 0 bridgehead atoms. The summed E-state index contributed by atoms with van der Waals surface area (Å²) >= 11 is 0. The predicted octanol–water partition coefficient (Wildman–Crippen LogP) is 1.50. The van der Waals surface area contributed by atoms with Crippen LogP contribution in [-0.2, 0) is 13.0 Å². The topological polar surface area (TPSA) is 68.8 Å². The predicted molar refractivity (Wildman–Crippen MR) is 71.6 cm³/mol. The summed E-state index contributed by atoms with van der Waals surface area (Å²) in [7, 11) is 0. The lowest BCUT2D eigenvalue weighted by Gasteiger charge is -2.33. The minimum absolute atomic E-state index is 0.289. The van der Waals surface area contributed by atoms with Crippen LogP contribution in [0.1, 0.15) is 45.9 Å². The van der Waals surface area contributed by atoms with Gasteiger partial charge in [-0.05, 0) is 31.1 Å². The van der Waals surface area contributed by atoms with Crippen LogP contribution in [0.5, 0.6) is 0 Å². The molecule has 1 heterocycles. The first-order chi connectivity index (χ1) is 8.58. The standard InChI is InChI=1S/C13H25N5/c1-4-18-12(15-9-16-18)8-11(17-14)10-6-5-7-13(10,2)3/h9-11,17H,4-8,14H2,1-3H3. The lowest BCUT2D eigenvalue weighted by Crippen LogP contribution is -2.46. The molecule has 1 aliphatic rings. The summed E-state index contributed by atoms with van der Waals surface area (Å²) in [5, 5.41) is 4.22. The second-order valence-electron chi connectivity index (χ2n) is 5.96. The van der Waals surface area contributed by atoms with Crippen LogP contribution in [0, 0.1) is 11.3 Å². The third-order valence-corrected chi connectivity index (χ3v) is 4.44. The summed E-state index contributed by atoms with van der Waals surface area (Å²) < 4.78 is 1.95. The number of nitrogens with two attached hydrogens (primary N) is 1. The summed E-state index contributed by atoms with van der Waals surface area (Å²) in [6.07, 6.45) is 6.33. The molecule has 2 atom stereocenters. The zero-order valence-corrected chi connectivity index (χ0v) is 11.7. The van der Waals surface area contributed by atoms with Gasteiger partial charge in [0.15, 0.2) is 0 Å². The molecule has 0 amide bonds. The third kappa shape index (κ3) is 2.57. The highest BCUT2D eigenvalue weighted by Crippen LogP contribution is 2.44. The van der Waals surface area contributed by atoms with E-state index < -0.39 is 0 Å². The van der Waals surface area contributed by atoms with Crippen molar-refractivity contribution in [2.24, 2.45) is 17.2 Å². The van der Waals surface area contributed by atoms with Crippen molar-refractivity contribution in [1.29, 1.82) is 0 Å². The highest BCUT2D eigenvalue weighted by atomic mass is 15.3. The maximum absolute atomic E-state index is 5.77. The first kappa shape index (κ1) is 13.5. The molecule has 1 saturated carbocycles.